The predicted molar refractivity (Wildman–Crippen MR) is 188 cm³/mol. The number of carbonyl (C=O) groups is 2. The lowest BCUT2D eigenvalue weighted by molar-refractivity contribution is 0.102. The second-order valence-electron chi connectivity index (χ2n) is 12.9. The SMILES string of the molecule is Cc1cc(C)n2ccc(C(=O)Nc3ccc4c(c3)C(Cc3cc(C)n5ccc(C(=O)Nc6ccc(-c7ncco7)cc6C)c5n3)CC4)c2n1. The molecule has 0 saturated heterocycles. The molecule has 2 amide bonds. The van der Waals surface area contributed by atoms with Crippen molar-refractivity contribution in [2.75, 3.05) is 10.6 Å². The van der Waals surface area contributed by atoms with Gasteiger partial charge in [-0.2, -0.15) is 0 Å². The van der Waals surface area contributed by atoms with Crippen LogP contribution >= 0.6 is 0 Å². The molecule has 7 aromatic rings. The third kappa shape index (κ3) is 5.54. The van der Waals surface area contributed by atoms with Gasteiger partial charge in [-0.25, -0.2) is 15.0 Å². The van der Waals surface area contributed by atoms with Crippen LogP contribution in [0.25, 0.3) is 22.7 Å². The molecule has 0 fully saturated rings. The molecule has 0 saturated carbocycles. The maximum atomic E-state index is 13.6. The first-order valence-corrected chi connectivity index (χ1v) is 16.4. The van der Waals surface area contributed by atoms with Gasteiger partial charge in [-0.05, 0) is 124 Å². The molecule has 244 valence electrons. The van der Waals surface area contributed by atoms with E-state index in [2.05, 4.69) is 38.8 Å². The van der Waals surface area contributed by atoms with Crippen LogP contribution in [-0.2, 0) is 12.8 Å². The van der Waals surface area contributed by atoms with Gasteiger partial charge >= 0.3 is 0 Å². The Bertz CT molecular complexity index is 2420. The molecule has 2 aromatic carbocycles. The number of carbonyl (C=O) groups excluding carboxylic acids is 2. The smallest absolute Gasteiger partial charge is 0.259 e. The van der Waals surface area contributed by atoms with E-state index in [0.717, 1.165) is 58.9 Å². The van der Waals surface area contributed by atoms with Crippen LogP contribution in [0.2, 0.25) is 0 Å². The molecule has 5 aromatic heterocycles. The van der Waals surface area contributed by atoms with E-state index in [-0.39, 0.29) is 17.7 Å². The molecule has 49 heavy (non-hydrogen) atoms. The first-order valence-electron chi connectivity index (χ1n) is 16.4. The molecule has 8 rings (SSSR count). The van der Waals surface area contributed by atoms with E-state index in [1.807, 2.05) is 91.4 Å². The minimum atomic E-state index is -0.221. The molecule has 0 aliphatic heterocycles. The summed E-state index contributed by atoms with van der Waals surface area (Å²) in [6.45, 7) is 7.92. The Morgan fingerprint density at radius 2 is 1.57 bits per heavy atom. The number of benzene rings is 2. The fraction of sp³-hybridized carbons (Fsp3) is 0.205. The summed E-state index contributed by atoms with van der Waals surface area (Å²) in [5.41, 5.74) is 11.9. The third-order valence-electron chi connectivity index (χ3n) is 9.51. The molecule has 5 heterocycles. The predicted octanol–water partition coefficient (Wildman–Crippen LogP) is 7.65. The van der Waals surface area contributed by atoms with Crippen molar-refractivity contribution in [1.29, 1.82) is 0 Å². The molecule has 10 nitrogen and oxygen atoms in total. The van der Waals surface area contributed by atoms with E-state index >= 15 is 0 Å². The molecule has 1 unspecified atom stereocenters. The first-order chi connectivity index (χ1) is 23.7. The lowest BCUT2D eigenvalue weighted by Gasteiger charge is -2.15. The van der Waals surface area contributed by atoms with Gasteiger partial charge in [0.2, 0.25) is 5.89 Å². The summed E-state index contributed by atoms with van der Waals surface area (Å²) in [6.07, 6.45) is 9.60. The molecular weight excluding hydrogens is 614 g/mol. The van der Waals surface area contributed by atoms with Crippen molar-refractivity contribution < 1.29 is 14.0 Å². The number of hydrogen-bond donors (Lipinski definition) is 2. The number of fused-ring (bicyclic) bond motifs is 3. The van der Waals surface area contributed by atoms with Crippen molar-refractivity contribution in [1.82, 2.24) is 23.8 Å². The Morgan fingerprint density at radius 3 is 2.31 bits per heavy atom. The monoisotopic (exact) mass is 649 g/mol. The maximum Gasteiger partial charge on any atom is 0.259 e. The van der Waals surface area contributed by atoms with E-state index in [0.29, 0.717) is 34.0 Å². The van der Waals surface area contributed by atoms with Crippen molar-refractivity contribution in [3.8, 4) is 11.5 Å². The van der Waals surface area contributed by atoms with Gasteiger partial charge < -0.3 is 23.9 Å². The van der Waals surface area contributed by atoms with Gasteiger partial charge in [-0.15, -0.1) is 0 Å². The van der Waals surface area contributed by atoms with Crippen LogP contribution in [0.1, 0.15) is 72.5 Å². The summed E-state index contributed by atoms with van der Waals surface area (Å²) in [4.78, 5) is 40.8. The van der Waals surface area contributed by atoms with E-state index < -0.39 is 0 Å². The summed E-state index contributed by atoms with van der Waals surface area (Å²) < 4.78 is 9.31. The third-order valence-corrected chi connectivity index (χ3v) is 9.51. The summed E-state index contributed by atoms with van der Waals surface area (Å²) in [5.74, 6) is 0.366. The number of aromatic nitrogens is 5. The number of amides is 2. The van der Waals surface area contributed by atoms with Crippen molar-refractivity contribution in [3.63, 3.8) is 0 Å². The molecular formula is C39H35N7O3. The van der Waals surface area contributed by atoms with Crippen LogP contribution in [0.4, 0.5) is 11.4 Å². The fourth-order valence-electron chi connectivity index (χ4n) is 7.08. The number of rotatable bonds is 7. The summed E-state index contributed by atoms with van der Waals surface area (Å²) in [7, 11) is 0. The normalized spacial score (nSPS) is 14.0. The molecule has 2 N–H and O–H groups in total. The highest BCUT2D eigenvalue weighted by Gasteiger charge is 2.25. The van der Waals surface area contributed by atoms with Gasteiger partial charge in [-0.3, -0.25) is 9.59 Å². The average Bonchev–Trinajstić information content (AvgIpc) is 3.89. The number of aryl methyl sites for hydroxylation is 5. The van der Waals surface area contributed by atoms with Crippen LogP contribution in [0.15, 0.2) is 89.9 Å². The van der Waals surface area contributed by atoms with E-state index in [4.69, 9.17) is 9.40 Å². The topological polar surface area (TPSA) is 119 Å². The summed E-state index contributed by atoms with van der Waals surface area (Å²) >= 11 is 0. The molecule has 0 radical (unpaired) electrons. The van der Waals surface area contributed by atoms with Crippen molar-refractivity contribution in [2.24, 2.45) is 0 Å². The standard InChI is InChI=1S/C39H35N7O3/c1-22-17-28(39-40-13-16-49-39)8-10-34(22)44-38(48)32-12-15-46-25(4)19-30(42-36(32)46)20-27-6-5-26-7-9-29(21-33(26)27)43-37(47)31-11-14-45-24(3)18-23(2)41-35(31)45/h7-19,21,27H,5-6,20H2,1-4H3,(H,43,47)(H,44,48). The van der Waals surface area contributed by atoms with Crippen LogP contribution in [0, 0.1) is 27.7 Å². The highest BCUT2D eigenvalue weighted by atomic mass is 16.3. The number of hydrogen-bond acceptors (Lipinski definition) is 6. The lowest BCUT2D eigenvalue weighted by atomic mass is 9.95. The number of nitrogens with one attached hydrogen (secondary N) is 2. The Balaban J connectivity index is 1.02. The van der Waals surface area contributed by atoms with Gasteiger partial charge in [0.1, 0.15) is 17.6 Å². The maximum absolute atomic E-state index is 13.6. The second-order valence-corrected chi connectivity index (χ2v) is 12.9. The second kappa shape index (κ2) is 11.9. The minimum absolute atomic E-state index is 0.183. The molecule has 0 spiro atoms. The molecule has 1 aliphatic carbocycles. The van der Waals surface area contributed by atoms with Gasteiger partial charge in [-0.1, -0.05) is 6.07 Å². The highest BCUT2D eigenvalue weighted by Crippen LogP contribution is 2.37. The zero-order valence-corrected chi connectivity index (χ0v) is 27.7. The van der Waals surface area contributed by atoms with Crippen molar-refractivity contribution in [2.45, 2.75) is 52.9 Å². The number of oxazole rings is 1. The van der Waals surface area contributed by atoms with Crippen LogP contribution < -0.4 is 10.6 Å². The zero-order chi connectivity index (χ0) is 33.8. The van der Waals surface area contributed by atoms with Crippen molar-refractivity contribution >= 4 is 34.5 Å². The Labute approximate surface area is 282 Å². The van der Waals surface area contributed by atoms with Crippen LogP contribution in [-0.4, -0.2) is 35.6 Å². The first kappa shape index (κ1) is 30.3. The fourth-order valence-corrected chi connectivity index (χ4v) is 7.08. The summed E-state index contributed by atoms with van der Waals surface area (Å²) in [5, 5.41) is 6.18. The van der Waals surface area contributed by atoms with Gasteiger partial charge in [0, 0.05) is 52.1 Å². The lowest BCUT2D eigenvalue weighted by Crippen LogP contribution is -2.14. The number of anilines is 2. The average molecular weight is 650 g/mol. The van der Waals surface area contributed by atoms with Crippen molar-refractivity contribution in [3.05, 3.63) is 136 Å². The van der Waals surface area contributed by atoms with E-state index in [1.165, 1.54) is 17.4 Å². The van der Waals surface area contributed by atoms with Crippen LogP contribution in [0.3, 0.4) is 0 Å². The quantitative estimate of drug-likeness (QED) is 0.183. The van der Waals surface area contributed by atoms with E-state index in [1.54, 1.807) is 6.20 Å². The largest absolute Gasteiger partial charge is 0.445 e. The molecule has 10 heteroatoms. The Hall–Kier alpha value is -6.03. The van der Waals surface area contributed by atoms with Gasteiger partial charge in [0.05, 0.1) is 17.3 Å². The Morgan fingerprint density at radius 1 is 0.837 bits per heavy atom. The Kier molecular flexibility index (Phi) is 7.36. The minimum Gasteiger partial charge on any atom is -0.445 e. The zero-order valence-electron chi connectivity index (χ0n) is 27.7. The molecule has 0 bridgehead atoms. The van der Waals surface area contributed by atoms with Crippen LogP contribution in [0.5, 0.6) is 0 Å². The summed E-state index contributed by atoms with van der Waals surface area (Å²) in [6, 6.07) is 19.6. The number of nitrogens with zero attached hydrogens (tertiary/aromatic N) is 5. The highest BCUT2D eigenvalue weighted by molar-refractivity contribution is 6.09. The van der Waals surface area contributed by atoms with Gasteiger partial charge in [0.25, 0.3) is 11.8 Å². The molecule has 1 aliphatic rings. The van der Waals surface area contributed by atoms with Gasteiger partial charge in [0.15, 0.2) is 0 Å². The van der Waals surface area contributed by atoms with E-state index in [9.17, 15) is 9.59 Å². The molecule has 1 atom stereocenters.